The Labute approximate surface area is 211 Å². The van der Waals surface area contributed by atoms with E-state index in [1.54, 1.807) is 0 Å². The lowest BCUT2D eigenvalue weighted by molar-refractivity contribution is -0.875. The fraction of sp³-hybridized carbons (Fsp3) is 0.857. The second-order valence-corrected chi connectivity index (χ2v) is 13.0. The summed E-state index contributed by atoms with van der Waals surface area (Å²) in [6, 6.07) is 0. The summed E-state index contributed by atoms with van der Waals surface area (Å²) < 4.78 is 12.1. The Morgan fingerprint density at radius 1 is 0.647 bits per heavy atom. The number of rotatable bonds is 23. The van der Waals surface area contributed by atoms with Gasteiger partial charge in [-0.2, -0.15) is 0 Å². The van der Waals surface area contributed by atoms with Gasteiger partial charge in [0.15, 0.2) is 0 Å². The molecule has 0 heterocycles. The van der Waals surface area contributed by atoms with Crippen molar-refractivity contribution in [2.24, 2.45) is 0 Å². The molecular formula is C28H57NO4P+. The third-order valence-corrected chi connectivity index (χ3v) is 7.74. The van der Waals surface area contributed by atoms with E-state index in [1.165, 1.54) is 83.5 Å². The predicted octanol–water partition coefficient (Wildman–Crippen LogP) is 7.71. The quantitative estimate of drug-likeness (QED) is 0.0578. The van der Waals surface area contributed by atoms with Gasteiger partial charge in [0, 0.05) is 0 Å². The van der Waals surface area contributed by atoms with Crippen molar-refractivity contribution >= 4 is 7.60 Å². The van der Waals surface area contributed by atoms with Crippen LogP contribution < -0.4 is 0 Å². The number of quaternary nitrogens is 1. The predicted molar refractivity (Wildman–Crippen MR) is 147 cm³/mol. The third-order valence-electron chi connectivity index (χ3n) is 6.29. The van der Waals surface area contributed by atoms with Crippen LogP contribution in [0.4, 0.5) is 0 Å². The first kappa shape index (κ1) is 33.5. The molecule has 1 atom stereocenters. The molecule has 0 aliphatic carbocycles. The van der Waals surface area contributed by atoms with Gasteiger partial charge in [0.2, 0.25) is 5.34 Å². The molecular weight excluding hydrogens is 445 g/mol. The van der Waals surface area contributed by atoms with E-state index in [-0.39, 0.29) is 13.0 Å². The van der Waals surface area contributed by atoms with Crippen LogP contribution in [-0.4, -0.2) is 52.4 Å². The minimum Gasteiger partial charge on any atom is -0.373 e. The Morgan fingerprint density at radius 2 is 1.03 bits per heavy atom. The maximum absolute atomic E-state index is 11.8. The molecule has 0 fully saturated rings. The Bertz CT molecular complexity index is 579. The van der Waals surface area contributed by atoms with Gasteiger partial charge in [0.05, 0.1) is 21.1 Å². The van der Waals surface area contributed by atoms with Crippen LogP contribution in [0.2, 0.25) is 0 Å². The molecule has 1 unspecified atom stereocenters. The molecule has 0 aromatic heterocycles. The van der Waals surface area contributed by atoms with Gasteiger partial charge in [-0.15, -0.1) is 0 Å². The van der Waals surface area contributed by atoms with Gasteiger partial charge in [-0.1, -0.05) is 102 Å². The van der Waals surface area contributed by atoms with E-state index in [9.17, 15) is 19.5 Å². The summed E-state index contributed by atoms with van der Waals surface area (Å²) in [6.07, 6.45) is 29.8. The summed E-state index contributed by atoms with van der Waals surface area (Å²) in [5.74, 6) is 0. The number of likely N-dealkylation sites (N-methyl/N-ethyl adjacent to an activating group) is 1. The summed E-state index contributed by atoms with van der Waals surface area (Å²) in [4.78, 5) is 19.2. The van der Waals surface area contributed by atoms with Crippen molar-refractivity contribution in [3.05, 3.63) is 24.3 Å². The lowest BCUT2D eigenvalue weighted by Crippen LogP contribution is -2.49. The molecule has 0 rings (SSSR count). The van der Waals surface area contributed by atoms with Crippen molar-refractivity contribution in [1.82, 2.24) is 0 Å². The molecule has 0 aromatic rings. The van der Waals surface area contributed by atoms with Crippen molar-refractivity contribution < 1.29 is 23.9 Å². The first-order valence-corrected chi connectivity index (χ1v) is 15.5. The topological polar surface area (TPSA) is 77.8 Å². The van der Waals surface area contributed by atoms with Crippen LogP contribution in [0.5, 0.6) is 0 Å². The van der Waals surface area contributed by atoms with Crippen LogP contribution in [0, 0.1) is 0 Å². The number of nitrogens with zero attached hydrogens (tertiary/aromatic N) is 1. The average molecular weight is 503 g/mol. The monoisotopic (exact) mass is 502 g/mol. The minimum absolute atomic E-state index is 0.0610. The Balaban J connectivity index is 3.53. The second kappa shape index (κ2) is 19.7. The zero-order valence-corrected chi connectivity index (χ0v) is 23.8. The van der Waals surface area contributed by atoms with E-state index >= 15 is 0 Å². The number of allylic oxidation sites excluding steroid dienone is 4. The number of hydrogen-bond donors (Lipinski definition) is 3. The zero-order chi connectivity index (χ0) is 25.8. The highest BCUT2D eigenvalue weighted by Crippen LogP contribution is 2.52. The van der Waals surface area contributed by atoms with Crippen LogP contribution >= 0.6 is 7.60 Å². The molecule has 3 N–H and O–H groups in total. The van der Waals surface area contributed by atoms with Crippen molar-refractivity contribution in [3.63, 3.8) is 0 Å². The van der Waals surface area contributed by atoms with Crippen LogP contribution in [0.25, 0.3) is 0 Å². The summed E-state index contributed by atoms with van der Waals surface area (Å²) in [5.41, 5.74) is 0. The van der Waals surface area contributed by atoms with Gasteiger partial charge >= 0.3 is 7.60 Å². The van der Waals surface area contributed by atoms with E-state index in [4.69, 9.17) is 0 Å². The maximum Gasteiger partial charge on any atom is 0.362 e. The molecule has 0 bridgehead atoms. The van der Waals surface area contributed by atoms with Gasteiger partial charge in [0.25, 0.3) is 0 Å². The fourth-order valence-corrected chi connectivity index (χ4v) is 5.46. The van der Waals surface area contributed by atoms with Crippen molar-refractivity contribution in [3.8, 4) is 0 Å². The van der Waals surface area contributed by atoms with E-state index in [2.05, 4.69) is 31.2 Å². The minimum atomic E-state index is -4.55. The molecule has 0 aromatic carbocycles. The Kier molecular flexibility index (Phi) is 19.4. The number of aliphatic hydroxyl groups is 1. The highest BCUT2D eigenvalue weighted by Gasteiger charge is 2.48. The standard InChI is InChI=1S/C28H56NO4P/c1-5-6-7-8-9-10-11-12-13-14-15-16-17-18-19-20-21-22-23-24-25-26-28(30,34(31,32)33)27-29(2,3)4/h6-7,10-11,30H,5,8-9,12-27H2,1-4H3,(H-,31,32,33)/p+1/b7-6-,11-10-. The highest BCUT2D eigenvalue weighted by molar-refractivity contribution is 7.53. The smallest absolute Gasteiger partial charge is 0.362 e. The van der Waals surface area contributed by atoms with Gasteiger partial charge < -0.3 is 19.4 Å². The Morgan fingerprint density at radius 3 is 1.44 bits per heavy atom. The van der Waals surface area contributed by atoms with E-state index in [0.717, 1.165) is 19.3 Å². The van der Waals surface area contributed by atoms with E-state index < -0.39 is 12.9 Å². The largest absolute Gasteiger partial charge is 0.373 e. The zero-order valence-electron chi connectivity index (χ0n) is 22.9. The van der Waals surface area contributed by atoms with Gasteiger partial charge in [0.1, 0.15) is 6.54 Å². The lowest BCUT2D eigenvalue weighted by atomic mass is 10.0. The maximum atomic E-state index is 11.8. The van der Waals surface area contributed by atoms with Crippen molar-refractivity contribution in [2.75, 3.05) is 27.7 Å². The SMILES string of the molecule is CC/C=C\CC/C=C\CCCCCCCCCCCCCCCC(O)(C[N+](C)(C)C)P(=O)(O)O. The van der Waals surface area contributed by atoms with Gasteiger partial charge in [-0.05, 0) is 44.9 Å². The third kappa shape index (κ3) is 19.8. The normalized spacial score (nSPS) is 14.9. The van der Waals surface area contributed by atoms with Crippen LogP contribution in [-0.2, 0) is 4.57 Å². The molecule has 34 heavy (non-hydrogen) atoms. The Hall–Kier alpha value is -0.450. The van der Waals surface area contributed by atoms with Crippen LogP contribution in [0.3, 0.4) is 0 Å². The first-order chi connectivity index (χ1) is 16.0. The molecule has 0 amide bonds. The molecule has 0 aliphatic heterocycles. The second-order valence-electron chi connectivity index (χ2n) is 11.0. The lowest BCUT2D eigenvalue weighted by Gasteiger charge is -2.35. The molecule has 202 valence electrons. The summed E-state index contributed by atoms with van der Waals surface area (Å²) in [5, 5.41) is 8.65. The fourth-order valence-electron chi connectivity index (χ4n) is 4.40. The number of hydrogen-bond acceptors (Lipinski definition) is 2. The van der Waals surface area contributed by atoms with Gasteiger partial charge in [-0.3, -0.25) is 4.57 Å². The van der Waals surface area contributed by atoms with E-state index in [0.29, 0.717) is 10.9 Å². The molecule has 0 saturated heterocycles. The van der Waals surface area contributed by atoms with Crippen molar-refractivity contribution in [1.29, 1.82) is 0 Å². The summed E-state index contributed by atoms with van der Waals surface area (Å²) in [7, 11) is 0.980. The van der Waals surface area contributed by atoms with E-state index in [1.807, 2.05) is 21.1 Å². The van der Waals surface area contributed by atoms with Crippen molar-refractivity contribution in [2.45, 2.75) is 128 Å². The summed E-state index contributed by atoms with van der Waals surface area (Å²) in [6.45, 7) is 2.24. The number of unbranched alkanes of at least 4 members (excludes halogenated alkanes) is 14. The molecule has 0 saturated carbocycles. The molecule has 0 radical (unpaired) electrons. The van der Waals surface area contributed by atoms with Crippen LogP contribution in [0.1, 0.15) is 122 Å². The molecule has 0 spiro atoms. The average Bonchev–Trinajstić information content (AvgIpc) is 2.73. The molecule has 5 nitrogen and oxygen atoms in total. The van der Waals surface area contributed by atoms with Gasteiger partial charge in [-0.25, -0.2) is 0 Å². The summed E-state index contributed by atoms with van der Waals surface area (Å²) >= 11 is 0. The first-order valence-electron chi connectivity index (χ1n) is 13.9. The molecule has 0 aliphatic rings. The van der Waals surface area contributed by atoms with Crippen LogP contribution in [0.15, 0.2) is 24.3 Å². The highest BCUT2D eigenvalue weighted by atomic mass is 31.2. The molecule has 6 heteroatoms.